The highest BCUT2D eigenvalue weighted by atomic mass is 19.4. The number of nitrogens with two attached hydrogens (primary N) is 1. The van der Waals surface area contributed by atoms with Gasteiger partial charge in [0.25, 0.3) is 11.8 Å². The zero-order chi connectivity index (χ0) is 33.8. The number of carbonyl (C=O) groups excluding carboxylic acids is 5. The lowest BCUT2D eigenvalue weighted by Crippen LogP contribution is -2.56. The number of amides is 4. The number of phenols is 1. The van der Waals surface area contributed by atoms with E-state index in [1.54, 1.807) is 0 Å². The molecule has 16 heteroatoms. The summed E-state index contributed by atoms with van der Waals surface area (Å²) in [4.78, 5) is 67.2. The van der Waals surface area contributed by atoms with Crippen molar-refractivity contribution in [2.45, 2.75) is 58.4 Å². The number of primary amides is 1. The molecule has 0 spiro atoms. The molecule has 1 aromatic rings. The smallest absolute Gasteiger partial charge is 0.510 e. The summed E-state index contributed by atoms with van der Waals surface area (Å²) in [6.45, 7) is 3.73. The molecule has 46 heavy (non-hydrogen) atoms. The van der Waals surface area contributed by atoms with E-state index in [1.807, 2.05) is 13.8 Å². The number of aliphatic hydroxyl groups is 2. The zero-order valence-electron chi connectivity index (χ0n) is 24.9. The number of allylic oxidation sites excluding steroid dienone is 1. The minimum atomic E-state index is -5.27. The number of benzene rings is 1. The predicted octanol–water partition coefficient (Wildman–Crippen LogP) is 2.75. The minimum Gasteiger partial charge on any atom is -0.510 e. The van der Waals surface area contributed by atoms with Crippen LogP contribution in [0.5, 0.6) is 11.5 Å². The van der Waals surface area contributed by atoms with Crippen molar-refractivity contribution >= 4 is 40.9 Å². The molecule has 1 aromatic carbocycles. The Bertz CT molecular complexity index is 1600. The number of rotatable bonds is 9. The molecule has 3 aliphatic carbocycles. The first-order valence-electron chi connectivity index (χ1n) is 14.9. The number of carbonyl (C=O) groups is 5. The fourth-order valence-corrected chi connectivity index (χ4v) is 6.93. The second-order valence-electron chi connectivity index (χ2n) is 11.8. The molecular weight excluding hydrogens is 617 g/mol. The van der Waals surface area contributed by atoms with Crippen molar-refractivity contribution in [3.8, 4) is 11.5 Å². The fraction of sp³-hybridized carbons (Fsp3) is 0.500. The largest absolute Gasteiger partial charge is 0.573 e. The van der Waals surface area contributed by atoms with Crippen LogP contribution in [0.4, 0.5) is 23.7 Å². The average Bonchev–Trinajstić information content (AvgIpc) is 3.24. The number of ether oxygens (including phenoxy) is 1. The molecule has 4 amide bonds. The van der Waals surface area contributed by atoms with E-state index in [1.165, 1.54) is 0 Å². The van der Waals surface area contributed by atoms with E-state index in [0.717, 1.165) is 4.90 Å². The number of aromatic hydroxyl groups is 1. The molecule has 4 aliphatic rings. The molecule has 248 valence electrons. The van der Waals surface area contributed by atoms with E-state index in [4.69, 9.17) is 5.73 Å². The van der Waals surface area contributed by atoms with Gasteiger partial charge in [0.05, 0.1) is 23.2 Å². The second-order valence-corrected chi connectivity index (χ2v) is 11.8. The first kappa shape index (κ1) is 32.8. The molecule has 0 bridgehead atoms. The van der Waals surface area contributed by atoms with Gasteiger partial charge in [-0.3, -0.25) is 19.2 Å². The second kappa shape index (κ2) is 12.0. The lowest BCUT2D eigenvalue weighted by Gasteiger charge is -2.44. The molecular formula is C30H33F3N4O9. The van der Waals surface area contributed by atoms with Gasteiger partial charge < -0.3 is 36.0 Å². The van der Waals surface area contributed by atoms with E-state index in [-0.39, 0.29) is 18.5 Å². The summed E-state index contributed by atoms with van der Waals surface area (Å²) in [6, 6.07) is -1.30. The van der Waals surface area contributed by atoms with Gasteiger partial charge in [0, 0.05) is 23.7 Å². The van der Waals surface area contributed by atoms with Gasteiger partial charge >= 0.3 is 12.4 Å². The summed E-state index contributed by atoms with van der Waals surface area (Å²) >= 11 is 0. The van der Waals surface area contributed by atoms with Crippen molar-refractivity contribution in [3.05, 3.63) is 34.1 Å². The highest BCUT2D eigenvalue weighted by molar-refractivity contribution is 6.28. The van der Waals surface area contributed by atoms with Crippen LogP contribution >= 0.6 is 0 Å². The molecule has 1 aliphatic heterocycles. The monoisotopic (exact) mass is 650 g/mol. The normalized spacial score (nSPS) is 24.8. The van der Waals surface area contributed by atoms with Gasteiger partial charge in [-0.2, -0.15) is 0 Å². The Balaban J connectivity index is 1.66. The lowest BCUT2D eigenvalue weighted by molar-refractivity contribution is -0.275. The van der Waals surface area contributed by atoms with Gasteiger partial charge in [0.15, 0.2) is 17.3 Å². The van der Waals surface area contributed by atoms with Gasteiger partial charge in [-0.25, -0.2) is 9.69 Å². The SMILES string of the molecule is CCCCN1CC(=O)N(c2cc(OC(F)(F)F)c3c(c2O)C(O)=C2C(=O)[C@@H]4C(=O)C(C(N)=O)=C(O)[C@@H](NCCC)[C@@H]4C[C@@H]2C3)C1=O. The number of aliphatic hydroxyl groups excluding tert-OH is 2. The van der Waals surface area contributed by atoms with Crippen LogP contribution in [0.25, 0.3) is 5.76 Å². The maximum Gasteiger partial charge on any atom is 0.573 e. The topological polar surface area (TPSA) is 200 Å². The summed E-state index contributed by atoms with van der Waals surface area (Å²) < 4.78 is 45.3. The number of nitrogens with zero attached hydrogens (tertiary/aromatic N) is 2. The van der Waals surface area contributed by atoms with Crippen molar-refractivity contribution in [2.75, 3.05) is 24.5 Å². The average molecular weight is 651 g/mol. The van der Waals surface area contributed by atoms with E-state index >= 15 is 0 Å². The number of hydrogen-bond acceptors (Lipinski definition) is 10. The summed E-state index contributed by atoms with van der Waals surface area (Å²) in [7, 11) is 0. The first-order valence-corrected chi connectivity index (χ1v) is 14.9. The number of alkyl halides is 3. The molecule has 0 aromatic heterocycles. The highest BCUT2D eigenvalue weighted by Gasteiger charge is 2.56. The number of ketones is 2. The van der Waals surface area contributed by atoms with Gasteiger partial charge in [-0.05, 0) is 44.1 Å². The van der Waals surface area contributed by atoms with E-state index in [9.17, 15) is 52.5 Å². The minimum absolute atomic E-state index is 0.109. The van der Waals surface area contributed by atoms with E-state index in [0.29, 0.717) is 36.8 Å². The molecule has 1 saturated carbocycles. The van der Waals surface area contributed by atoms with Crippen LogP contribution in [0, 0.1) is 17.8 Å². The molecule has 0 unspecified atom stereocenters. The van der Waals surface area contributed by atoms with Crippen LogP contribution in [-0.4, -0.2) is 81.7 Å². The van der Waals surface area contributed by atoms with Gasteiger partial charge in [-0.15, -0.1) is 13.2 Å². The number of anilines is 1. The highest BCUT2D eigenvalue weighted by Crippen LogP contribution is 2.54. The van der Waals surface area contributed by atoms with Crippen molar-refractivity contribution < 1.29 is 57.2 Å². The molecule has 13 nitrogen and oxygen atoms in total. The van der Waals surface area contributed by atoms with Crippen LogP contribution in [0.3, 0.4) is 0 Å². The third-order valence-corrected chi connectivity index (χ3v) is 8.88. The van der Waals surface area contributed by atoms with Gasteiger partial charge in [0.2, 0.25) is 0 Å². The van der Waals surface area contributed by atoms with Crippen LogP contribution in [0.15, 0.2) is 23.0 Å². The van der Waals surface area contributed by atoms with Crippen LogP contribution < -0.4 is 20.7 Å². The quantitative estimate of drug-likeness (QED) is 0.150. The number of Topliss-reactive ketones (excluding diaryl/α,β-unsaturated/α-hetero) is 2. The molecule has 2 fully saturated rings. The van der Waals surface area contributed by atoms with Crippen molar-refractivity contribution in [1.82, 2.24) is 10.2 Å². The van der Waals surface area contributed by atoms with Crippen LogP contribution in [0.2, 0.25) is 0 Å². The predicted molar refractivity (Wildman–Crippen MR) is 153 cm³/mol. The number of imide groups is 1. The Kier molecular flexibility index (Phi) is 8.53. The number of halogens is 3. The Hall–Kier alpha value is -4.60. The van der Waals surface area contributed by atoms with E-state index in [2.05, 4.69) is 10.1 Å². The third-order valence-electron chi connectivity index (χ3n) is 8.88. The Morgan fingerprint density at radius 2 is 1.80 bits per heavy atom. The van der Waals surface area contributed by atoms with Crippen LogP contribution in [-0.2, 0) is 25.6 Å². The number of urea groups is 1. The standard InChI is InChI=1S/C30H33F3N4O9/c1-3-5-7-36-11-17(38)37(29(36)45)15-10-16(46-30(31,32)33)13-8-12-9-14-20(25(41)18(12)24(40)19(13)23(15)39)26(42)21(28(34)44)27(43)22(14)35-6-4-2/h10,12,14,20,22,35,39-40,43H,3-9,11H2,1-2H3,(H2,34,44)/t12-,14+,20+,22-/m0/s1. The van der Waals surface area contributed by atoms with Crippen LogP contribution in [0.1, 0.15) is 50.7 Å². The maximum absolute atomic E-state index is 14.0. The molecule has 1 heterocycles. The molecule has 4 atom stereocenters. The summed E-state index contributed by atoms with van der Waals surface area (Å²) in [5.74, 6) is -11.2. The molecule has 0 radical (unpaired) electrons. The Morgan fingerprint density at radius 1 is 1.11 bits per heavy atom. The van der Waals surface area contributed by atoms with Gasteiger partial charge in [-0.1, -0.05) is 20.3 Å². The number of hydrogen-bond donors (Lipinski definition) is 5. The molecule has 1 saturated heterocycles. The summed E-state index contributed by atoms with van der Waals surface area (Å²) in [5.41, 5.74) is 2.49. The van der Waals surface area contributed by atoms with Crippen molar-refractivity contribution in [3.63, 3.8) is 0 Å². The maximum atomic E-state index is 14.0. The number of nitrogens with one attached hydrogen (secondary N) is 1. The van der Waals surface area contributed by atoms with Gasteiger partial charge in [0.1, 0.15) is 29.4 Å². The number of unbranched alkanes of at least 4 members (excludes halogenated alkanes) is 1. The molecule has 5 rings (SSSR count). The van der Waals surface area contributed by atoms with Crippen molar-refractivity contribution in [1.29, 1.82) is 0 Å². The molecule has 6 N–H and O–H groups in total. The van der Waals surface area contributed by atoms with Crippen molar-refractivity contribution in [2.24, 2.45) is 23.5 Å². The van der Waals surface area contributed by atoms with E-state index < -0.39 is 118 Å². The lowest BCUT2D eigenvalue weighted by atomic mass is 9.59. The fourth-order valence-electron chi connectivity index (χ4n) is 6.93. The Labute approximate surface area is 260 Å². The third kappa shape index (κ3) is 5.33. The number of fused-ring (bicyclic) bond motifs is 3. The summed E-state index contributed by atoms with van der Waals surface area (Å²) in [5, 5.41) is 36.7. The first-order chi connectivity index (χ1) is 21.6. The summed E-state index contributed by atoms with van der Waals surface area (Å²) in [6.07, 6.45) is -4.00. The number of phenolic OH excluding ortho intramolecular Hbond substituents is 1. The Morgan fingerprint density at radius 3 is 2.41 bits per heavy atom. The zero-order valence-corrected chi connectivity index (χ0v) is 24.9.